The van der Waals surface area contributed by atoms with E-state index in [1.807, 2.05) is 24.3 Å². The third-order valence-electron chi connectivity index (χ3n) is 3.69. The lowest BCUT2D eigenvalue weighted by Crippen LogP contribution is -2.25. The fourth-order valence-electron chi connectivity index (χ4n) is 2.48. The van der Waals surface area contributed by atoms with Gasteiger partial charge < -0.3 is 15.6 Å². The van der Waals surface area contributed by atoms with Gasteiger partial charge in [0.1, 0.15) is 5.69 Å². The van der Waals surface area contributed by atoms with Gasteiger partial charge in [0.15, 0.2) is 0 Å². The van der Waals surface area contributed by atoms with Gasteiger partial charge >= 0.3 is 0 Å². The van der Waals surface area contributed by atoms with E-state index in [0.29, 0.717) is 28.5 Å². The van der Waals surface area contributed by atoms with Gasteiger partial charge in [0.05, 0.1) is 5.69 Å². The van der Waals surface area contributed by atoms with Crippen LogP contribution in [0.1, 0.15) is 20.8 Å². The summed E-state index contributed by atoms with van der Waals surface area (Å²) >= 11 is 5.85. The van der Waals surface area contributed by atoms with E-state index in [0.717, 1.165) is 10.9 Å². The number of anilines is 1. The maximum Gasteiger partial charge on any atom is 0.270 e. The molecule has 3 N–H and O–H groups in total. The van der Waals surface area contributed by atoms with Crippen LogP contribution in [0.5, 0.6) is 0 Å². The van der Waals surface area contributed by atoms with Crippen LogP contribution in [0.15, 0.2) is 61.2 Å². The zero-order chi connectivity index (χ0) is 17.8. The zero-order valence-corrected chi connectivity index (χ0v) is 14.1. The number of H-pyrrole nitrogens is 1. The van der Waals surface area contributed by atoms with Crippen molar-refractivity contribution in [1.29, 1.82) is 0 Å². The van der Waals surface area contributed by atoms with Crippen LogP contribution in [0.2, 0.25) is 5.02 Å². The molecule has 1 heterocycles. The van der Waals surface area contributed by atoms with Gasteiger partial charge in [0.2, 0.25) is 0 Å². The lowest BCUT2D eigenvalue weighted by Gasteiger charge is -2.08. The van der Waals surface area contributed by atoms with E-state index in [1.165, 1.54) is 0 Å². The summed E-state index contributed by atoms with van der Waals surface area (Å²) in [4.78, 5) is 28.0. The van der Waals surface area contributed by atoms with Gasteiger partial charge in [-0.25, -0.2) is 0 Å². The summed E-state index contributed by atoms with van der Waals surface area (Å²) < 4.78 is 0. The van der Waals surface area contributed by atoms with Crippen LogP contribution in [0.25, 0.3) is 10.9 Å². The molecule has 2 aromatic carbocycles. The molecule has 0 saturated heterocycles. The molecule has 0 spiro atoms. The van der Waals surface area contributed by atoms with E-state index >= 15 is 0 Å². The zero-order valence-electron chi connectivity index (χ0n) is 13.3. The third-order valence-corrected chi connectivity index (χ3v) is 3.94. The monoisotopic (exact) mass is 353 g/mol. The van der Waals surface area contributed by atoms with E-state index in [4.69, 9.17) is 11.6 Å². The number of halogens is 1. The van der Waals surface area contributed by atoms with Crippen molar-refractivity contribution < 1.29 is 9.59 Å². The number of carbonyl (C=O) groups excluding carboxylic acids is 2. The van der Waals surface area contributed by atoms with Crippen molar-refractivity contribution >= 4 is 40.0 Å². The van der Waals surface area contributed by atoms with Crippen LogP contribution in [0, 0.1) is 0 Å². The molecule has 3 aromatic rings. The van der Waals surface area contributed by atoms with Gasteiger partial charge in [-0.05, 0) is 30.3 Å². The number of aromatic nitrogens is 1. The van der Waals surface area contributed by atoms with Crippen LogP contribution in [0.3, 0.4) is 0 Å². The molecule has 0 bridgehead atoms. The normalized spacial score (nSPS) is 10.4. The number of carbonyl (C=O) groups is 2. The number of fused-ring (bicyclic) bond motifs is 1. The van der Waals surface area contributed by atoms with Crippen molar-refractivity contribution in [2.45, 2.75) is 0 Å². The topological polar surface area (TPSA) is 74.0 Å². The van der Waals surface area contributed by atoms with Crippen molar-refractivity contribution in [2.24, 2.45) is 0 Å². The van der Waals surface area contributed by atoms with Crippen LogP contribution in [0.4, 0.5) is 5.69 Å². The minimum atomic E-state index is -0.320. The molecule has 126 valence electrons. The molecule has 0 aliphatic heterocycles. The van der Waals surface area contributed by atoms with E-state index in [9.17, 15) is 9.59 Å². The predicted octanol–water partition coefficient (Wildman–Crippen LogP) is 3.99. The summed E-state index contributed by atoms with van der Waals surface area (Å²) in [7, 11) is 0. The summed E-state index contributed by atoms with van der Waals surface area (Å²) in [6.45, 7) is 3.91. The van der Waals surface area contributed by atoms with E-state index in [-0.39, 0.29) is 11.8 Å². The third kappa shape index (κ3) is 3.56. The van der Waals surface area contributed by atoms with E-state index in [1.54, 1.807) is 30.3 Å². The Bertz CT molecular complexity index is 945. The Hall–Kier alpha value is -3.05. The van der Waals surface area contributed by atoms with Crippen LogP contribution < -0.4 is 10.6 Å². The Morgan fingerprint density at radius 2 is 1.80 bits per heavy atom. The second-order valence-corrected chi connectivity index (χ2v) is 5.82. The molecular weight excluding hydrogens is 338 g/mol. The molecule has 0 atom stereocenters. The molecule has 0 unspecified atom stereocenters. The maximum atomic E-state index is 12.5. The minimum Gasteiger partial charge on any atom is -0.349 e. The second-order valence-electron chi connectivity index (χ2n) is 5.38. The standard InChI is InChI=1S/C19H16ClN3O2/c1-2-11-21-19(25)17-16(14-5-3-4-6-15(14)22-17)23-18(24)12-7-9-13(20)10-8-12/h2-10,22H,1,11H2,(H,21,25)(H,23,24). The van der Waals surface area contributed by atoms with Gasteiger partial charge in [-0.3, -0.25) is 9.59 Å². The van der Waals surface area contributed by atoms with Gasteiger partial charge in [-0.2, -0.15) is 0 Å². The van der Waals surface area contributed by atoms with Crippen LogP contribution in [-0.2, 0) is 0 Å². The molecule has 2 amide bonds. The second kappa shape index (κ2) is 7.23. The van der Waals surface area contributed by atoms with E-state index in [2.05, 4.69) is 22.2 Å². The Labute approximate surface area is 149 Å². The lowest BCUT2D eigenvalue weighted by atomic mass is 10.1. The molecule has 0 aliphatic rings. The number of amides is 2. The number of nitrogens with one attached hydrogen (secondary N) is 3. The highest BCUT2D eigenvalue weighted by atomic mass is 35.5. The van der Waals surface area contributed by atoms with Crippen LogP contribution in [-0.4, -0.2) is 23.3 Å². The summed E-state index contributed by atoms with van der Waals surface area (Å²) in [6, 6.07) is 13.9. The molecular formula is C19H16ClN3O2. The molecule has 25 heavy (non-hydrogen) atoms. The average molecular weight is 354 g/mol. The molecule has 0 aliphatic carbocycles. The average Bonchev–Trinajstić information content (AvgIpc) is 2.99. The Morgan fingerprint density at radius 1 is 1.08 bits per heavy atom. The highest BCUT2D eigenvalue weighted by molar-refractivity contribution is 6.30. The Kier molecular flexibility index (Phi) is 4.86. The smallest absolute Gasteiger partial charge is 0.270 e. The minimum absolute atomic E-state index is 0.297. The molecule has 6 heteroatoms. The molecule has 0 radical (unpaired) electrons. The molecule has 5 nitrogen and oxygen atoms in total. The fraction of sp³-hybridized carbons (Fsp3) is 0.0526. The number of benzene rings is 2. The number of hydrogen-bond donors (Lipinski definition) is 3. The Balaban J connectivity index is 1.98. The van der Waals surface area contributed by atoms with Gasteiger partial charge in [0.25, 0.3) is 11.8 Å². The van der Waals surface area contributed by atoms with Crippen molar-refractivity contribution in [2.75, 3.05) is 11.9 Å². The predicted molar refractivity (Wildman–Crippen MR) is 100 cm³/mol. The first-order chi connectivity index (χ1) is 12.1. The SMILES string of the molecule is C=CCNC(=O)c1[nH]c2ccccc2c1NC(=O)c1ccc(Cl)cc1. The maximum absolute atomic E-state index is 12.5. The Morgan fingerprint density at radius 3 is 2.52 bits per heavy atom. The lowest BCUT2D eigenvalue weighted by molar-refractivity contribution is 0.0955. The van der Waals surface area contributed by atoms with Crippen molar-refractivity contribution in [3.63, 3.8) is 0 Å². The van der Waals surface area contributed by atoms with Gasteiger partial charge in [-0.15, -0.1) is 6.58 Å². The highest BCUT2D eigenvalue weighted by Crippen LogP contribution is 2.28. The fourth-order valence-corrected chi connectivity index (χ4v) is 2.61. The number of rotatable bonds is 5. The highest BCUT2D eigenvalue weighted by Gasteiger charge is 2.19. The quantitative estimate of drug-likeness (QED) is 0.607. The summed E-state index contributed by atoms with van der Waals surface area (Å²) in [6.07, 6.45) is 1.59. The summed E-state index contributed by atoms with van der Waals surface area (Å²) in [5, 5.41) is 6.85. The van der Waals surface area contributed by atoms with Crippen molar-refractivity contribution in [3.8, 4) is 0 Å². The molecule has 0 fully saturated rings. The number of hydrogen-bond acceptors (Lipinski definition) is 2. The van der Waals surface area contributed by atoms with Gasteiger partial charge in [0, 0.05) is 28.0 Å². The van der Waals surface area contributed by atoms with Crippen LogP contribution >= 0.6 is 11.6 Å². The summed E-state index contributed by atoms with van der Waals surface area (Å²) in [5.74, 6) is -0.637. The first kappa shape index (κ1) is 16.8. The largest absolute Gasteiger partial charge is 0.349 e. The van der Waals surface area contributed by atoms with Gasteiger partial charge in [-0.1, -0.05) is 35.9 Å². The molecule has 3 rings (SSSR count). The summed E-state index contributed by atoms with van der Waals surface area (Å²) in [5.41, 5.74) is 1.95. The van der Waals surface area contributed by atoms with Crippen molar-refractivity contribution in [1.82, 2.24) is 10.3 Å². The van der Waals surface area contributed by atoms with E-state index < -0.39 is 0 Å². The van der Waals surface area contributed by atoms with Crippen molar-refractivity contribution in [3.05, 3.63) is 77.5 Å². The molecule has 1 aromatic heterocycles. The number of para-hydroxylation sites is 1. The molecule has 0 saturated carbocycles. The first-order valence-corrected chi connectivity index (χ1v) is 8.04. The first-order valence-electron chi connectivity index (χ1n) is 7.67. The number of aromatic amines is 1.